The molecule has 0 aliphatic rings. The first-order chi connectivity index (χ1) is 9.72. The minimum absolute atomic E-state index is 0.273. The largest absolute Gasteiger partial charge is 0.491 e. The van der Waals surface area contributed by atoms with Crippen LogP contribution in [0.15, 0.2) is 48.5 Å². The zero-order chi connectivity index (χ0) is 14.4. The molecule has 2 aromatic rings. The van der Waals surface area contributed by atoms with Crippen molar-refractivity contribution < 1.29 is 13.9 Å². The van der Waals surface area contributed by atoms with Crippen LogP contribution in [-0.4, -0.2) is 20.3 Å². The fourth-order valence-corrected chi connectivity index (χ4v) is 1.95. The summed E-state index contributed by atoms with van der Waals surface area (Å²) in [6.45, 7) is 0.976. The van der Waals surface area contributed by atoms with Gasteiger partial charge in [-0.15, -0.1) is 0 Å². The Morgan fingerprint density at radius 2 is 1.75 bits per heavy atom. The first-order valence-electron chi connectivity index (χ1n) is 6.44. The van der Waals surface area contributed by atoms with E-state index in [1.807, 2.05) is 24.3 Å². The second kappa shape index (κ2) is 7.03. The van der Waals surface area contributed by atoms with Crippen molar-refractivity contribution in [2.75, 3.05) is 20.3 Å². The van der Waals surface area contributed by atoms with E-state index in [1.54, 1.807) is 19.2 Å². The molecule has 4 heteroatoms. The lowest BCUT2D eigenvalue weighted by molar-refractivity contribution is 0.145. The topological polar surface area (TPSA) is 44.5 Å². The van der Waals surface area contributed by atoms with Gasteiger partial charge in [-0.1, -0.05) is 30.3 Å². The van der Waals surface area contributed by atoms with Gasteiger partial charge in [-0.3, -0.25) is 0 Å². The number of hydrogen-bond acceptors (Lipinski definition) is 3. The van der Waals surface area contributed by atoms with Crippen LogP contribution in [0.1, 0.15) is 17.2 Å². The number of hydrogen-bond donors (Lipinski definition) is 1. The standard InChI is InChI=1S/C16H18FNO2/c1-19-10-11-20-15-5-3-2-4-14(15)16(18)12-6-8-13(17)9-7-12/h2-9,16H,10-11,18H2,1H3. The third-order valence-electron chi connectivity index (χ3n) is 3.03. The van der Waals surface area contributed by atoms with E-state index in [4.69, 9.17) is 15.2 Å². The van der Waals surface area contributed by atoms with E-state index in [1.165, 1.54) is 12.1 Å². The summed E-state index contributed by atoms with van der Waals surface area (Å²) < 4.78 is 23.6. The zero-order valence-corrected chi connectivity index (χ0v) is 11.4. The summed E-state index contributed by atoms with van der Waals surface area (Å²) >= 11 is 0. The van der Waals surface area contributed by atoms with Crippen LogP contribution >= 0.6 is 0 Å². The van der Waals surface area contributed by atoms with Crippen LogP contribution in [0, 0.1) is 5.82 Å². The molecular formula is C16H18FNO2. The highest BCUT2D eigenvalue weighted by Crippen LogP contribution is 2.28. The number of methoxy groups -OCH3 is 1. The molecule has 3 nitrogen and oxygen atoms in total. The quantitative estimate of drug-likeness (QED) is 0.824. The molecule has 0 spiro atoms. The zero-order valence-electron chi connectivity index (χ0n) is 11.4. The Morgan fingerprint density at radius 1 is 1.05 bits per heavy atom. The van der Waals surface area contributed by atoms with E-state index in [-0.39, 0.29) is 11.9 Å². The number of halogens is 1. The summed E-state index contributed by atoms with van der Waals surface area (Å²) in [4.78, 5) is 0. The SMILES string of the molecule is COCCOc1ccccc1C(N)c1ccc(F)cc1. The van der Waals surface area contributed by atoms with E-state index in [2.05, 4.69) is 0 Å². The second-order valence-electron chi connectivity index (χ2n) is 4.41. The van der Waals surface area contributed by atoms with E-state index in [0.29, 0.717) is 13.2 Å². The van der Waals surface area contributed by atoms with Crippen LogP contribution in [0.3, 0.4) is 0 Å². The van der Waals surface area contributed by atoms with Crippen molar-refractivity contribution >= 4 is 0 Å². The predicted octanol–water partition coefficient (Wildman–Crippen LogP) is 2.90. The monoisotopic (exact) mass is 275 g/mol. The summed E-state index contributed by atoms with van der Waals surface area (Å²) in [5, 5.41) is 0. The van der Waals surface area contributed by atoms with Crippen LogP contribution in [0.5, 0.6) is 5.75 Å². The second-order valence-corrected chi connectivity index (χ2v) is 4.41. The normalized spacial score (nSPS) is 12.2. The molecule has 0 heterocycles. The Hall–Kier alpha value is -1.91. The molecule has 106 valence electrons. The molecular weight excluding hydrogens is 257 g/mol. The lowest BCUT2D eigenvalue weighted by Gasteiger charge is -2.17. The molecule has 0 amide bonds. The molecule has 2 rings (SSSR count). The van der Waals surface area contributed by atoms with E-state index in [0.717, 1.165) is 16.9 Å². The van der Waals surface area contributed by atoms with E-state index < -0.39 is 0 Å². The summed E-state index contributed by atoms with van der Waals surface area (Å²) in [6, 6.07) is 13.4. The molecule has 0 aliphatic heterocycles. The molecule has 0 radical (unpaired) electrons. The van der Waals surface area contributed by atoms with Crippen molar-refractivity contribution in [3.05, 3.63) is 65.5 Å². The van der Waals surface area contributed by atoms with Crippen molar-refractivity contribution in [2.45, 2.75) is 6.04 Å². The molecule has 0 bridgehead atoms. The summed E-state index contributed by atoms with van der Waals surface area (Å²) in [5.74, 6) is 0.451. The lowest BCUT2D eigenvalue weighted by atomic mass is 9.99. The molecule has 2 aromatic carbocycles. The maximum absolute atomic E-state index is 13.0. The first kappa shape index (κ1) is 14.5. The van der Waals surface area contributed by atoms with Crippen molar-refractivity contribution in [3.8, 4) is 5.75 Å². The van der Waals surface area contributed by atoms with Gasteiger partial charge in [0.2, 0.25) is 0 Å². The Morgan fingerprint density at radius 3 is 2.45 bits per heavy atom. The highest BCUT2D eigenvalue weighted by atomic mass is 19.1. The summed E-state index contributed by atoms with van der Waals surface area (Å²) in [7, 11) is 1.62. The number of para-hydroxylation sites is 1. The number of ether oxygens (including phenoxy) is 2. The van der Waals surface area contributed by atoms with Crippen molar-refractivity contribution in [1.82, 2.24) is 0 Å². The Bertz CT molecular complexity index is 542. The molecule has 1 unspecified atom stereocenters. The van der Waals surface area contributed by atoms with E-state index in [9.17, 15) is 4.39 Å². The minimum atomic E-state index is -0.352. The number of nitrogens with two attached hydrogens (primary N) is 1. The van der Waals surface area contributed by atoms with Crippen LogP contribution in [0.25, 0.3) is 0 Å². The number of benzene rings is 2. The average Bonchev–Trinajstić information content (AvgIpc) is 2.48. The van der Waals surface area contributed by atoms with Gasteiger partial charge in [0.05, 0.1) is 12.6 Å². The van der Waals surface area contributed by atoms with Crippen LogP contribution in [0.2, 0.25) is 0 Å². The Balaban J connectivity index is 2.20. The fourth-order valence-electron chi connectivity index (χ4n) is 1.95. The molecule has 20 heavy (non-hydrogen) atoms. The fraction of sp³-hybridized carbons (Fsp3) is 0.250. The third kappa shape index (κ3) is 3.56. The molecule has 1 atom stereocenters. The predicted molar refractivity (Wildman–Crippen MR) is 76.2 cm³/mol. The van der Waals surface area contributed by atoms with Crippen LogP contribution in [0.4, 0.5) is 4.39 Å². The average molecular weight is 275 g/mol. The molecule has 2 N–H and O–H groups in total. The molecule has 0 saturated heterocycles. The maximum atomic E-state index is 13.0. The lowest BCUT2D eigenvalue weighted by Crippen LogP contribution is -2.14. The number of rotatable bonds is 6. The van der Waals surface area contributed by atoms with Crippen molar-refractivity contribution in [3.63, 3.8) is 0 Å². The van der Waals surface area contributed by atoms with Gasteiger partial charge in [-0.25, -0.2) is 4.39 Å². The van der Waals surface area contributed by atoms with Gasteiger partial charge in [-0.05, 0) is 23.8 Å². The maximum Gasteiger partial charge on any atom is 0.124 e. The highest BCUT2D eigenvalue weighted by Gasteiger charge is 2.13. The van der Waals surface area contributed by atoms with Gasteiger partial charge in [0, 0.05) is 12.7 Å². The van der Waals surface area contributed by atoms with Gasteiger partial charge < -0.3 is 15.2 Å². The van der Waals surface area contributed by atoms with Crippen molar-refractivity contribution in [1.29, 1.82) is 0 Å². The van der Waals surface area contributed by atoms with Crippen LogP contribution < -0.4 is 10.5 Å². The van der Waals surface area contributed by atoms with E-state index >= 15 is 0 Å². The van der Waals surface area contributed by atoms with Crippen LogP contribution in [-0.2, 0) is 4.74 Å². The Labute approximate surface area is 118 Å². The Kier molecular flexibility index (Phi) is 5.09. The smallest absolute Gasteiger partial charge is 0.124 e. The third-order valence-corrected chi connectivity index (χ3v) is 3.03. The molecule has 0 saturated carbocycles. The minimum Gasteiger partial charge on any atom is -0.491 e. The molecule has 0 aromatic heterocycles. The van der Waals surface area contributed by atoms with Gasteiger partial charge in [0.1, 0.15) is 18.2 Å². The van der Waals surface area contributed by atoms with Crippen molar-refractivity contribution in [2.24, 2.45) is 5.73 Å². The highest BCUT2D eigenvalue weighted by molar-refractivity contribution is 5.41. The molecule has 0 aliphatic carbocycles. The molecule has 0 fully saturated rings. The van der Waals surface area contributed by atoms with Gasteiger partial charge in [-0.2, -0.15) is 0 Å². The van der Waals surface area contributed by atoms with Gasteiger partial charge in [0.25, 0.3) is 0 Å². The summed E-state index contributed by atoms with van der Waals surface area (Å²) in [6.07, 6.45) is 0. The first-order valence-corrected chi connectivity index (χ1v) is 6.44. The van der Waals surface area contributed by atoms with Gasteiger partial charge >= 0.3 is 0 Å². The van der Waals surface area contributed by atoms with Gasteiger partial charge in [0.15, 0.2) is 0 Å². The summed E-state index contributed by atoms with van der Waals surface area (Å²) in [5.41, 5.74) is 7.95.